The van der Waals surface area contributed by atoms with Gasteiger partial charge in [-0.25, -0.2) is 0 Å². The molecule has 1 heterocycles. The summed E-state index contributed by atoms with van der Waals surface area (Å²) in [6.07, 6.45) is 0. The van der Waals surface area contributed by atoms with E-state index in [9.17, 15) is 9.59 Å². The van der Waals surface area contributed by atoms with E-state index in [1.54, 1.807) is 11.8 Å². The zero-order chi connectivity index (χ0) is 21.0. The Bertz CT molecular complexity index is 872. The Morgan fingerprint density at radius 1 is 1.00 bits per heavy atom. The van der Waals surface area contributed by atoms with Crippen LogP contribution in [0, 0.1) is 13.8 Å². The highest BCUT2D eigenvalue weighted by Gasteiger charge is 2.35. The van der Waals surface area contributed by atoms with Crippen LogP contribution in [0.2, 0.25) is 0 Å². The molecule has 6 nitrogen and oxygen atoms in total. The molecule has 154 valence electrons. The molecule has 1 aliphatic heterocycles. The van der Waals surface area contributed by atoms with Crippen molar-refractivity contribution < 1.29 is 9.59 Å². The number of nitrogens with zero attached hydrogens (tertiary/aromatic N) is 2. The third-order valence-electron chi connectivity index (χ3n) is 5.72. The maximum Gasteiger partial charge on any atom is 0.247 e. The molecule has 0 aromatic heterocycles. The number of nitrogens with one attached hydrogen (secondary N) is 1. The van der Waals surface area contributed by atoms with E-state index < -0.39 is 5.54 Å². The average Bonchev–Trinajstić information content (AvgIpc) is 2.72. The Kier molecular flexibility index (Phi) is 6.35. The summed E-state index contributed by atoms with van der Waals surface area (Å²) >= 11 is 0. The largest absolute Gasteiger partial charge is 0.338 e. The second kappa shape index (κ2) is 8.76. The maximum absolute atomic E-state index is 13.0. The lowest BCUT2D eigenvalue weighted by atomic mass is 9.91. The molecule has 3 rings (SSSR count). The Labute approximate surface area is 172 Å². The van der Waals surface area contributed by atoms with Crippen molar-refractivity contribution in [1.82, 2.24) is 9.80 Å². The number of hydrogen-bond donors (Lipinski definition) is 2. The fourth-order valence-electron chi connectivity index (χ4n) is 3.62. The van der Waals surface area contributed by atoms with Crippen molar-refractivity contribution in [2.45, 2.75) is 26.3 Å². The minimum absolute atomic E-state index is 0.0357. The van der Waals surface area contributed by atoms with Gasteiger partial charge in [0.1, 0.15) is 5.54 Å². The lowest BCUT2D eigenvalue weighted by molar-refractivity contribution is -0.138. The third kappa shape index (κ3) is 4.83. The topological polar surface area (TPSA) is 78.7 Å². The molecule has 1 fully saturated rings. The van der Waals surface area contributed by atoms with Gasteiger partial charge in [0.05, 0.1) is 6.54 Å². The number of piperazine rings is 1. The molecule has 0 bridgehead atoms. The van der Waals surface area contributed by atoms with Gasteiger partial charge >= 0.3 is 0 Å². The van der Waals surface area contributed by atoms with Gasteiger partial charge in [-0.05, 0) is 43.5 Å². The van der Waals surface area contributed by atoms with E-state index in [0.717, 1.165) is 22.4 Å². The Morgan fingerprint density at radius 3 is 2.31 bits per heavy atom. The summed E-state index contributed by atoms with van der Waals surface area (Å²) in [5.41, 5.74) is 9.21. The first-order valence-electron chi connectivity index (χ1n) is 10.0. The van der Waals surface area contributed by atoms with Gasteiger partial charge in [0.15, 0.2) is 0 Å². The summed E-state index contributed by atoms with van der Waals surface area (Å²) in [7, 11) is 0. The molecule has 1 unspecified atom stereocenters. The van der Waals surface area contributed by atoms with Gasteiger partial charge < -0.3 is 16.0 Å². The van der Waals surface area contributed by atoms with E-state index >= 15 is 0 Å². The lowest BCUT2D eigenvalue weighted by Crippen LogP contribution is -2.57. The summed E-state index contributed by atoms with van der Waals surface area (Å²) in [4.78, 5) is 29.3. The van der Waals surface area contributed by atoms with E-state index in [0.29, 0.717) is 32.7 Å². The van der Waals surface area contributed by atoms with E-state index in [1.165, 1.54) is 0 Å². The predicted molar refractivity (Wildman–Crippen MR) is 116 cm³/mol. The third-order valence-corrected chi connectivity index (χ3v) is 5.72. The minimum atomic E-state index is -1.05. The molecule has 1 atom stereocenters. The van der Waals surface area contributed by atoms with E-state index in [2.05, 4.69) is 10.2 Å². The van der Waals surface area contributed by atoms with Crippen LogP contribution in [0.1, 0.15) is 23.6 Å². The monoisotopic (exact) mass is 394 g/mol. The number of rotatable bonds is 5. The Morgan fingerprint density at radius 2 is 1.66 bits per heavy atom. The van der Waals surface area contributed by atoms with Crippen molar-refractivity contribution in [1.29, 1.82) is 0 Å². The van der Waals surface area contributed by atoms with E-state index in [-0.39, 0.29) is 11.8 Å². The molecule has 0 aliphatic carbocycles. The SMILES string of the molecule is Cc1cccc(NC(=O)CN2CCN(C(=O)C(C)(N)c3ccccc3)CC2)c1C. The van der Waals surface area contributed by atoms with Crippen molar-refractivity contribution in [3.8, 4) is 0 Å². The molecule has 0 saturated carbocycles. The number of aryl methyl sites for hydroxylation is 1. The van der Waals surface area contributed by atoms with Crippen molar-refractivity contribution >= 4 is 17.5 Å². The van der Waals surface area contributed by atoms with Gasteiger partial charge in [-0.15, -0.1) is 0 Å². The molecule has 3 N–H and O–H groups in total. The normalized spacial score (nSPS) is 16.9. The summed E-state index contributed by atoms with van der Waals surface area (Å²) in [6, 6.07) is 15.3. The smallest absolute Gasteiger partial charge is 0.247 e. The van der Waals surface area contributed by atoms with Crippen molar-refractivity contribution in [3.63, 3.8) is 0 Å². The summed E-state index contributed by atoms with van der Waals surface area (Å²) < 4.78 is 0. The Balaban J connectivity index is 1.53. The second-order valence-electron chi connectivity index (χ2n) is 7.93. The van der Waals surface area contributed by atoms with Gasteiger partial charge in [-0.3, -0.25) is 14.5 Å². The van der Waals surface area contributed by atoms with Crippen LogP contribution in [0.25, 0.3) is 0 Å². The summed E-state index contributed by atoms with van der Waals surface area (Å²) in [6.45, 7) is 8.54. The number of amides is 2. The molecule has 1 aliphatic rings. The van der Waals surface area contributed by atoms with Gasteiger partial charge in [-0.1, -0.05) is 42.5 Å². The highest BCUT2D eigenvalue weighted by atomic mass is 16.2. The molecule has 2 amide bonds. The van der Waals surface area contributed by atoms with Crippen LogP contribution < -0.4 is 11.1 Å². The molecule has 2 aromatic rings. The first-order chi connectivity index (χ1) is 13.8. The number of anilines is 1. The number of nitrogens with two attached hydrogens (primary N) is 1. The number of hydrogen-bond acceptors (Lipinski definition) is 4. The maximum atomic E-state index is 13.0. The summed E-state index contributed by atoms with van der Waals surface area (Å²) in [5.74, 6) is -0.116. The molecular formula is C23H30N4O2. The number of carbonyl (C=O) groups excluding carboxylic acids is 2. The first kappa shape index (κ1) is 21.0. The van der Waals surface area contributed by atoms with Crippen LogP contribution in [-0.4, -0.2) is 54.3 Å². The van der Waals surface area contributed by atoms with Crippen molar-refractivity contribution in [2.75, 3.05) is 38.0 Å². The number of carbonyl (C=O) groups is 2. The van der Waals surface area contributed by atoms with Gasteiger partial charge in [-0.2, -0.15) is 0 Å². The van der Waals surface area contributed by atoms with Crippen LogP contribution in [0.3, 0.4) is 0 Å². The molecule has 2 aromatic carbocycles. The molecule has 6 heteroatoms. The molecule has 0 radical (unpaired) electrons. The molecular weight excluding hydrogens is 364 g/mol. The fourth-order valence-corrected chi connectivity index (χ4v) is 3.62. The molecule has 0 spiro atoms. The average molecular weight is 395 g/mol. The quantitative estimate of drug-likeness (QED) is 0.815. The van der Waals surface area contributed by atoms with Crippen LogP contribution >= 0.6 is 0 Å². The fraction of sp³-hybridized carbons (Fsp3) is 0.391. The minimum Gasteiger partial charge on any atom is -0.338 e. The second-order valence-corrected chi connectivity index (χ2v) is 7.93. The molecule has 29 heavy (non-hydrogen) atoms. The predicted octanol–water partition coefficient (Wildman–Crippen LogP) is 2.26. The van der Waals surface area contributed by atoms with Gasteiger partial charge in [0.2, 0.25) is 11.8 Å². The zero-order valence-electron chi connectivity index (χ0n) is 17.4. The van der Waals surface area contributed by atoms with Crippen LogP contribution in [0.15, 0.2) is 48.5 Å². The van der Waals surface area contributed by atoms with E-state index in [1.807, 2.05) is 62.4 Å². The standard InChI is InChI=1S/C23H30N4O2/c1-17-8-7-11-20(18(17)2)25-21(28)16-26-12-14-27(15-13-26)22(29)23(3,24)19-9-5-4-6-10-19/h4-11H,12-16,24H2,1-3H3,(H,25,28). The summed E-state index contributed by atoms with van der Waals surface area (Å²) in [5, 5.41) is 3.00. The number of benzene rings is 2. The van der Waals surface area contributed by atoms with Gasteiger partial charge in [0, 0.05) is 31.9 Å². The van der Waals surface area contributed by atoms with Crippen molar-refractivity contribution in [2.24, 2.45) is 5.73 Å². The zero-order valence-corrected chi connectivity index (χ0v) is 17.4. The van der Waals surface area contributed by atoms with Crippen LogP contribution in [0.4, 0.5) is 5.69 Å². The highest BCUT2D eigenvalue weighted by Crippen LogP contribution is 2.21. The lowest BCUT2D eigenvalue weighted by Gasteiger charge is -2.38. The van der Waals surface area contributed by atoms with Crippen LogP contribution in [-0.2, 0) is 15.1 Å². The molecule has 1 saturated heterocycles. The van der Waals surface area contributed by atoms with Crippen LogP contribution in [0.5, 0.6) is 0 Å². The first-order valence-corrected chi connectivity index (χ1v) is 10.0. The van der Waals surface area contributed by atoms with E-state index in [4.69, 9.17) is 5.73 Å². The Hall–Kier alpha value is -2.70. The van der Waals surface area contributed by atoms with Gasteiger partial charge in [0.25, 0.3) is 0 Å². The highest BCUT2D eigenvalue weighted by molar-refractivity contribution is 5.93. The van der Waals surface area contributed by atoms with Crippen molar-refractivity contribution in [3.05, 3.63) is 65.2 Å².